The van der Waals surface area contributed by atoms with Gasteiger partial charge >= 0.3 is 0 Å². The molecule has 0 bridgehead atoms. The van der Waals surface area contributed by atoms with Crippen molar-refractivity contribution in [3.63, 3.8) is 0 Å². The molecule has 0 aliphatic heterocycles. The summed E-state index contributed by atoms with van der Waals surface area (Å²) >= 11 is 0. The largest absolute Gasteiger partial charge is 0.402 e. The molecule has 0 amide bonds. The molecular formula is C11H17N. The van der Waals surface area contributed by atoms with Crippen LogP contribution in [0.5, 0.6) is 0 Å². The average Bonchev–Trinajstić information content (AvgIpc) is 2.69. The summed E-state index contributed by atoms with van der Waals surface area (Å²) in [5.74, 6) is 0. The molecule has 0 aromatic heterocycles. The van der Waals surface area contributed by atoms with Crippen LogP contribution in [0.3, 0.4) is 0 Å². The summed E-state index contributed by atoms with van der Waals surface area (Å²) in [5.41, 5.74) is 8.42. The van der Waals surface area contributed by atoms with Crippen molar-refractivity contribution in [1.82, 2.24) is 0 Å². The molecule has 0 saturated heterocycles. The Balaban J connectivity index is 2.68. The van der Waals surface area contributed by atoms with E-state index in [1.807, 2.05) is 13.0 Å². The van der Waals surface area contributed by atoms with E-state index in [1.165, 1.54) is 18.4 Å². The quantitative estimate of drug-likeness (QED) is 0.636. The van der Waals surface area contributed by atoms with Crippen molar-refractivity contribution >= 4 is 0 Å². The van der Waals surface area contributed by atoms with E-state index in [4.69, 9.17) is 5.73 Å². The fraction of sp³-hybridized carbons (Fsp3) is 0.455. The second-order valence-corrected chi connectivity index (χ2v) is 3.81. The highest BCUT2D eigenvalue weighted by Gasteiger charge is 2.39. The van der Waals surface area contributed by atoms with Gasteiger partial charge in [-0.15, -0.1) is 0 Å². The van der Waals surface area contributed by atoms with E-state index >= 15 is 0 Å². The third-order valence-electron chi connectivity index (χ3n) is 2.46. The van der Waals surface area contributed by atoms with E-state index in [2.05, 4.69) is 19.6 Å². The first-order valence-electron chi connectivity index (χ1n) is 4.35. The van der Waals surface area contributed by atoms with Crippen LogP contribution >= 0.6 is 0 Å². The van der Waals surface area contributed by atoms with Crippen LogP contribution in [0.1, 0.15) is 26.7 Å². The van der Waals surface area contributed by atoms with Crippen LogP contribution < -0.4 is 5.73 Å². The lowest BCUT2D eigenvalue weighted by Gasteiger charge is -2.08. The van der Waals surface area contributed by atoms with E-state index in [0.717, 1.165) is 5.70 Å². The first-order chi connectivity index (χ1) is 5.58. The number of hydrogen-bond donors (Lipinski definition) is 1. The molecule has 0 aromatic rings. The summed E-state index contributed by atoms with van der Waals surface area (Å²) in [7, 11) is 0. The van der Waals surface area contributed by atoms with Crippen molar-refractivity contribution in [3.05, 3.63) is 36.1 Å². The molecule has 1 saturated carbocycles. The first-order valence-corrected chi connectivity index (χ1v) is 4.35. The highest BCUT2D eigenvalue weighted by Crippen LogP contribution is 2.49. The zero-order valence-electron chi connectivity index (χ0n) is 7.93. The molecule has 12 heavy (non-hydrogen) atoms. The fourth-order valence-electron chi connectivity index (χ4n) is 1.13. The lowest BCUT2D eigenvalue weighted by Crippen LogP contribution is -2.08. The summed E-state index contributed by atoms with van der Waals surface area (Å²) < 4.78 is 0. The monoisotopic (exact) mass is 163 g/mol. The van der Waals surface area contributed by atoms with Crippen LogP contribution in [0.15, 0.2) is 36.1 Å². The second kappa shape index (κ2) is 3.18. The normalized spacial score (nSPS) is 22.2. The van der Waals surface area contributed by atoms with Crippen LogP contribution in [-0.4, -0.2) is 0 Å². The Morgan fingerprint density at radius 3 is 2.50 bits per heavy atom. The van der Waals surface area contributed by atoms with Gasteiger partial charge in [-0.05, 0) is 31.4 Å². The van der Waals surface area contributed by atoms with E-state index in [0.29, 0.717) is 5.41 Å². The highest BCUT2D eigenvalue weighted by molar-refractivity contribution is 5.29. The zero-order chi connectivity index (χ0) is 9.19. The third-order valence-corrected chi connectivity index (χ3v) is 2.46. The Bertz CT molecular complexity index is 242. The topological polar surface area (TPSA) is 26.0 Å². The number of rotatable bonds is 3. The lowest BCUT2D eigenvalue weighted by molar-refractivity contribution is 0.677. The molecule has 0 spiro atoms. The molecule has 0 atom stereocenters. The van der Waals surface area contributed by atoms with Crippen LogP contribution in [-0.2, 0) is 0 Å². The molecule has 0 aromatic carbocycles. The molecule has 1 fully saturated rings. The minimum atomic E-state index is 0.302. The number of nitrogens with two attached hydrogens (primary N) is 1. The van der Waals surface area contributed by atoms with Gasteiger partial charge in [0, 0.05) is 11.1 Å². The minimum absolute atomic E-state index is 0.302. The van der Waals surface area contributed by atoms with Crippen LogP contribution in [0.4, 0.5) is 0 Å². The van der Waals surface area contributed by atoms with Crippen LogP contribution in [0.25, 0.3) is 0 Å². The molecular weight excluding hydrogens is 146 g/mol. The Morgan fingerprint density at radius 2 is 2.08 bits per heavy atom. The van der Waals surface area contributed by atoms with Gasteiger partial charge in [0.05, 0.1) is 0 Å². The van der Waals surface area contributed by atoms with Crippen molar-refractivity contribution in [3.8, 4) is 0 Å². The lowest BCUT2D eigenvalue weighted by atomic mass is 10.0. The highest BCUT2D eigenvalue weighted by atomic mass is 14.7. The molecule has 1 heteroatoms. The van der Waals surface area contributed by atoms with Gasteiger partial charge in [-0.2, -0.15) is 0 Å². The molecule has 0 heterocycles. The van der Waals surface area contributed by atoms with Gasteiger partial charge in [-0.25, -0.2) is 0 Å². The molecule has 1 rings (SSSR count). The standard InChI is InChI=1S/C11H17N/c1-4-5-9(2)8-10(12)11(3)6-7-11/h4-5,8H,1,6-7,12H2,2-3H3/b9-5-,10-8-. The third kappa shape index (κ3) is 2.00. The molecule has 66 valence electrons. The van der Waals surface area contributed by atoms with E-state index in [9.17, 15) is 0 Å². The van der Waals surface area contributed by atoms with Crippen molar-refractivity contribution in [1.29, 1.82) is 0 Å². The second-order valence-electron chi connectivity index (χ2n) is 3.81. The van der Waals surface area contributed by atoms with E-state index < -0.39 is 0 Å². The molecule has 0 radical (unpaired) electrons. The summed E-state index contributed by atoms with van der Waals surface area (Å²) in [5, 5.41) is 0. The smallest absolute Gasteiger partial charge is 0.0143 e. The Hall–Kier alpha value is -0.980. The van der Waals surface area contributed by atoms with Crippen molar-refractivity contribution in [2.24, 2.45) is 11.1 Å². The van der Waals surface area contributed by atoms with Crippen LogP contribution in [0.2, 0.25) is 0 Å². The summed E-state index contributed by atoms with van der Waals surface area (Å²) in [4.78, 5) is 0. The molecule has 1 nitrogen and oxygen atoms in total. The van der Waals surface area contributed by atoms with Gasteiger partial charge in [0.15, 0.2) is 0 Å². The van der Waals surface area contributed by atoms with Gasteiger partial charge in [-0.1, -0.05) is 25.7 Å². The van der Waals surface area contributed by atoms with Crippen molar-refractivity contribution in [2.45, 2.75) is 26.7 Å². The SMILES string of the molecule is C=C/C=C(C)\C=C(/N)C1(C)CC1. The zero-order valence-corrected chi connectivity index (χ0v) is 7.93. The number of allylic oxidation sites excluding steroid dienone is 5. The summed E-state index contributed by atoms with van der Waals surface area (Å²) in [6.07, 6.45) is 8.27. The Labute approximate surface area is 74.7 Å². The first kappa shape index (κ1) is 9.11. The summed E-state index contributed by atoms with van der Waals surface area (Å²) in [6, 6.07) is 0. The average molecular weight is 163 g/mol. The van der Waals surface area contributed by atoms with Crippen molar-refractivity contribution in [2.75, 3.05) is 0 Å². The Kier molecular flexibility index (Phi) is 2.41. The van der Waals surface area contributed by atoms with Gasteiger partial charge in [0.1, 0.15) is 0 Å². The van der Waals surface area contributed by atoms with Gasteiger partial charge in [0.2, 0.25) is 0 Å². The maximum atomic E-state index is 5.93. The van der Waals surface area contributed by atoms with E-state index in [1.54, 1.807) is 6.08 Å². The maximum absolute atomic E-state index is 5.93. The Morgan fingerprint density at radius 1 is 1.50 bits per heavy atom. The summed E-state index contributed by atoms with van der Waals surface area (Å²) in [6.45, 7) is 7.89. The van der Waals surface area contributed by atoms with Crippen LogP contribution in [0, 0.1) is 5.41 Å². The molecule has 0 unspecified atom stereocenters. The molecule has 1 aliphatic carbocycles. The van der Waals surface area contributed by atoms with Crippen molar-refractivity contribution < 1.29 is 0 Å². The predicted octanol–water partition coefficient (Wildman–Crippen LogP) is 2.76. The van der Waals surface area contributed by atoms with Gasteiger partial charge in [-0.3, -0.25) is 0 Å². The molecule has 1 aliphatic rings. The predicted molar refractivity (Wildman–Crippen MR) is 53.6 cm³/mol. The maximum Gasteiger partial charge on any atom is 0.0143 e. The minimum Gasteiger partial charge on any atom is -0.402 e. The van der Waals surface area contributed by atoms with Gasteiger partial charge in [0.25, 0.3) is 0 Å². The van der Waals surface area contributed by atoms with Gasteiger partial charge < -0.3 is 5.73 Å². The molecule has 2 N–H and O–H groups in total. The number of hydrogen-bond acceptors (Lipinski definition) is 1. The fourth-order valence-corrected chi connectivity index (χ4v) is 1.13. The van der Waals surface area contributed by atoms with E-state index in [-0.39, 0.29) is 0 Å².